The van der Waals surface area contributed by atoms with E-state index in [0.717, 1.165) is 12.1 Å². The molecule has 2 aromatic rings. The van der Waals surface area contributed by atoms with Gasteiger partial charge in [0, 0.05) is 28.2 Å². The highest BCUT2D eigenvalue weighted by atomic mass is 16.2. The van der Waals surface area contributed by atoms with Crippen molar-refractivity contribution >= 4 is 17.5 Å². The molecule has 124 valence electrons. The fraction of sp³-hybridized carbons (Fsp3) is 0.467. The highest BCUT2D eigenvalue weighted by molar-refractivity contribution is 6.08. The van der Waals surface area contributed by atoms with Gasteiger partial charge in [-0.3, -0.25) is 19.0 Å². The quantitative estimate of drug-likeness (QED) is 0.910. The van der Waals surface area contributed by atoms with E-state index in [1.807, 2.05) is 6.92 Å². The minimum atomic E-state index is -0.316. The van der Waals surface area contributed by atoms with E-state index >= 15 is 0 Å². The molecular formula is C15H22N6O2. The summed E-state index contributed by atoms with van der Waals surface area (Å²) in [6, 6.07) is 1.74. The topological polar surface area (TPSA) is 85.0 Å². The van der Waals surface area contributed by atoms with Gasteiger partial charge in [-0.15, -0.1) is 0 Å². The zero-order valence-electron chi connectivity index (χ0n) is 14.3. The van der Waals surface area contributed by atoms with Gasteiger partial charge in [0.1, 0.15) is 5.69 Å². The van der Waals surface area contributed by atoms with Crippen molar-refractivity contribution in [2.24, 2.45) is 14.1 Å². The van der Waals surface area contributed by atoms with Crippen LogP contribution in [0.5, 0.6) is 0 Å². The third kappa shape index (κ3) is 3.10. The number of aryl methyl sites for hydroxylation is 3. The Hall–Kier alpha value is -2.64. The molecule has 2 aromatic heterocycles. The molecule has 2 heterocycles. The molecule has 0 aliphatic heterocycles. The first-order valence-corrected chi connectivity index (χ1v) is 7.35. The molecule has 0 spiro atoms. The van der Waals surface area contributed by atoms with E-state index in [4.69, 9.17) is 0 Å². The Morgan fingerprint density at radius 2 is 1.87 bits per heavy atom. The summed E-state index contributed by atoms with van der Waals surface area (Å²) in [5, 5.41) is 11.3. The molecule has 0 atom stereocenters. The van der Waals surface area contributed by atoms with Crippen molar-refractivity contribution in [2.45, 2.75) is 20.3 Å². The summed E-state index contributed by atoms with van der Waals surface area (Å²) in [4.78, 5) is 26.2. The summed E-state index contributed by atoms with van der Waals surface area (Å²) in [5.74, 6) is -0.577. The van der Waals surface area contributed by atoms with E-state index in [1.54, 1.807) is 45.9 Å². The second-order valence-electron chi connectivity index (χ2n) is 5.58. The van der Waals surface area contributed by atoms with Crippen molar-refractivity contribution in [1.29, 1.82) is 0 Å². The zero-order chi connectivity index (χ0) is 17.3. The largest absolute Gasteiger partial charge is 0.343 e. The van der Waals surface area contributed by atoms with E-state index in [9.17, 15) is 9.59 Å². The van der Waals surface area contributed by atoms with Crippen LogP contribution in [0.15, 0.2) is 6.07 Å². The average molecular weight is 318 g/mol. The highest BCUT2D eigenvalue weighted by Gasteiger charge is 2.24. The molecule has 0 bridgehead atoms. The third-order valence-corrected chi connectivity index (χ3v) is 3.71. The number of carbonyl (C=O) groups is 2. The third-order valence-electron chi connectivity index (χ3n) is 3.71. The SMILES string of the molecule is CCc1cc(C(=O)Nc2c(C(=O)N(C)C)nn(C)c2C)n(C)n1. The molecular weight excluding hydrogens is 296 g/mol. The summed E-state index contributed by atoms with van der Waals surface area (Å²) in [7, 11) is 6.74. The average Bonchev–Trinajstić information content (AvgIpc) is 3.01. The van der Waals surface area contributed by atoms with Crippen LogP contribution >= 0.6 is 0 Å². The Kier molecular flexibility index (Phi) is 4.53. The van der Waals surface area contributed by atoms with Crippen molar-refractivity contribution in [3.05, 3.63) is 28.8 Å². The molecule has 0 unspecified atom stereocenters. The molecule has 23 heavy (non-hydrogen) atoms. The lowest BCUT2D eigenvalue weighted by atomic mass is 10.2. The van der Waals surface area contributed by atoms with Crippen molar-refractivity contribution in [3.8, 4) is 0 Å². The Morgan fingerprint density at radius 3 is 2.39 bits per heavy atom. The van der Waals surface area contributed by atoms with E-state index in [0.29, 0.717) is 17.1 Å². The molecule has 2 amide bonds. The maximum absolute atomic E-state index is 12.5. The highest BCUT2D eigenvalue weighted by Crippen LogP contribution is 2.21. The van der Waals surface area contributed by atoms with Gasteiger partial charge in [0.15, 0.2) is 5.69 Å². The van der Waals surface area contributed by atoms with E-state index in [1.165, 1.54) is 9.58 Å². The van der Waals surface area contributed by atoms with Crippen molar-refractivity contribution in [3.63, 3.8) is 0 Å². The lowest BCUT2D eigenvalue weighted by Gasteiger charge is -2.10. The predicted molar refractivity (Wildman–Crippen MR) is 86.5 cm³/mol. The summed E-state index contributed by atoms with van der Waals surface area (Å²) in [6.45, 7) is 3.78. The van der Waals surface area contributed by atoms with Crippen LogP contribution in [-0.4, -0.2) is 50.4 Å². The monoisotopic (exact) mass is 318 g/mol. The summed E-state index contributed by atoms with van der Waals surface area (Å²) < 4.78 is 3.11. The van der Waals surface area contributed by atoms with Crippen LogP contribution in [0.2, 0.25) is 0 Å². The van der Waals surface area contributed by atoms with Crippen molar-refractivity contribution in [1.82, 2.24) is 24.5 Å². The first-order chi connectivity index (χ1) is 10.8. The number of hydrogen-bond donors (Lipinski definition) is 1. The van der Waals surface area contributed by atoms with Gasteiger partial charge in [-0.25, -0.2) is 0 Å². The summed E-state index contributed by atoms with van der Waals surface area (Å²) in [6.07, 6.45) is 0.747. The standard InChI is InChI=1S/C15H22N6O2/c1-7-10-8-11(21(6)17-10)14(22)16-12-9(2)20(5)18-13(12)15(23)19(3)4/h8H,7H2,1-6H3,(H,16,22). The summed E-state index contributed by atoms with van der Waals surface area (Å²) in [5.41, 5.74) is 2.64. The maximum Gasteiger partial charge on any atom is 0.276 e. The van der Waals surface area contributed by atoms with Crippen molar-refractivity contribution in [2.75, 3.05) is 19.4 Å². The van der Waals surface area contributed by atoms with Crippen LogP contribution in [0.25, 0.3) is 0 Å². The van der Waals surface area contributed by atoms with Gasteiger partial charge in [-0.2, -0.15) is 10.2 Å². The van der Waals surface area contributed by atoms with Crippen LogP contribution in [0.3, 0.4) is 0 Å². The zero-order valence-corrected chi connectivity index (χ0v) is 14.3. The molecule has 0 aliphatic carbocycles. The van der Waals surface area contributed by atoms with E-state index < -0.39 is 0 Å². The van der Waals surface area contributed by atoms with Gasteiger partial charge in [-0.1, -0.05) is 6.92 Å². The molecule has 0 saturated carbocycles. The Bertz CT molecular complexity index is 756. The molecule has 8 heteroatoms. The number of rotatable bonds is 4. The normalized spacial score (nSPS) is 10.7. The maximum atomic E-state index is 12.5. The van der Waals surface area contributed by atoms with Crippen LogP contribution in [0, 0.1) is 6.92 Å². The molecule has 0 saturated heterocycles. The number of aromatic nitrogens is 4. The molecule has 8 nitrogen and oxygen atoms in total. The van der Waals surface area contributed by atoms with Crippen LogP contribution in [0.4, 0.5) is 5.69 Å². The molecule has 0 aromatic carbocycles. The molecule has 0 radical (unpaired) electrons. The molecule has 0 aliphatic rings. The number of carbonyl (C=O) groups excluding carboxylic acids is 2. The van der Waals surface area contributed by atoms with Crippen LogP contribution < -0.4 is 5.32 Å². The first kappa shape index (κ1) is 16.7. The smallest absolute Gasteiger partial charge is 0.276 e. The Labute approximate surface area is 135 Å². The molecule has 1 N–H and O–H groups in total. The number of hydrogen-bond acceptors (Lipinski definition) is 4. The van der Waals surface area contributed by atoms with Gasteiger partial charge < -0.3 is 10.2 Å². The number of anilines is 1. The number of nitrogens with zero attached hydrogens (tertiary/aromatic N) is 5. The first-order valence-electron chi connectivity index (χ1n) is 7.35. The second kappa shape index (κ2) is 6.23. The van der Waals surface area contributed by atoms with E-state index in [2.05, 4.69) is 15.5 Å². The van der Waals surface area contributed by atoms with Gasteiger partial charge in [0.25, 0.3) is 11.8 Å². The number of nitrogens with one attached hydrogen (secondary N) is 1. The lowest BCUT2D eigenvalue weighted by molar-refractivity contribution is 0.0822. The molecule has 2 rings (SSSR count). The van der Waals surface area contributed by atoms with Gasteiger partial charge in [0.2, 0.25) is 0 Å². The van der Waals surface area contributed by atoms with Crippen LogP contribution in [-0.2, 0) is 20.5 Å². The fourth-order valence-corrected chi connectivity index (χ4v) is 2.21. The summed E-state index contributed by atoms with van der Waals surface area (Å²) >= 11 is 0. The van der Waals surface area contributed by atoms with Gasteiger partial charge >= 0.3 is 0 Å². The second-order valence-corrected chi connectivity index (χ2v) is 5.58. The Balaban J connectivity index is 2.37. The van der Waals surface area contributed by atoms with Crippen molar-refractivity contribution < 1.29 is 9.59 Å². The predicted octanol–water partition coefficient (Wildman–Crippen LogP) is 0.979. The van der Waals surface area contributed by atoms with Crippen LogP contribution in [0.1, 0.15) is 39.3 Å². The van der Waals surface area contributed by atoms with Gasteiger partial charge in [0.05, 0.1) is 17.1 Å². The van der Waals surface area contributed by atoms with E-state index in [-0.39, 0.29) is 17.5 Å². The minimum Gasteiger partial charge on any atom is -0.343 e. The Morgan fingerprint density at radius 1 is 1.22 bits per heavy atom. The lowest BCUT2D eigenvalue weighted by Crippen LogP contribution is -2.24. The fourth-order valence-electron chi connectivity index (χ4n) is 2.21. The number of amides is 2. The van der Waals surface area contributed by atoms with Gasteiger partial charge in [-0.05, 0) is 19.4 Å². The molecule has 0 fully saturated rings. The minimum absolute atomic E-state index is 0.223.